The molecule has 13 nitrogen and oxygen atoms in total. The Morgan fingerprint density at radius 2 is 1.57 bits per heavy atom. The van der Waals surface area contributed by atoms with E-state index in [4.69, 9.17) is 14.2 Å². The molecule has 0 fully saturated rings. The molecule has 1 aliphatic rings. The van der Waals surface area contributed by atoms with Crippen LogP contribution >= 0.6 is 11.8 Å². The van der Waals surface area contributed by atoms with Gasteiger partial charge < -0.3 is 34.3 Å². The zero-order valence-electron chi connectivity index (χ0n) is 37.4. The third kappa shape index (κ3) is 17.3. The van der Waals surface area contributed by atoms with Crippen molar-refractivity contribution in [3.05, 3.63) is 95.8 Å². The largest absolute Gasteiger partial charge is 0.450 e. The highest BCUT2D eigenvalue weighted by atomic mass is 32.2. The minimum Gasteiger partial charge on any atom is -0.450 e. The van der Waals surface area contributed by atoms with E-state index in [9.17, 15) is 28.4 Å². The predicted octanol–water partition coefficient (Wildman–Crippen LogP) is 7.05. The molecule has 0 spiro atoms. The standard InChI is InChI=1S/C46H63F2N5O8SSi/c1-46(2,3)44(39-29-35(37-30-36(47)13-14-38(37)48)32-51(39)31-34-11-8-7-9-12-34)53(20-10-18-50-45(58)61-26-28-63(4,5)6)43(57)33-62-27-17-40(54)49-19-22-59-24-25-60-23-21-52-41(55)15-16-42(52)56/h7-9,11-16,29-30,32,44H,10,17-28,31,33H2,1-6H3,(H,49,54)(H,50,58). The molecule has 63 heavy (non-hydrogen) atoms. The number of aromatic nitrogens is 1. The number of hydrogen-bond donors (Lipinski definition) is 2. The number of carbonyl (C=O) groups is 5. The summed E-state index contributed by atoms with van der Waals surface area (Å²) in [6.07, 6.45) is 4.34. The van der Waals surface area contributed by atoms with Gasteiger partial charge in [0.05, 0.1) is 51.4 Å². The molecule has 0 bridgehead atoms. The van der Waals surface area contributed by atoms with Crippen molar-refractivity contribution in [3.8, 4) is 11.1 Å². The summed E-state index contributed by atoms with van der Waals surface area (Å²) in [5, 5.41) is 5.64. The molecule has 344 valence electrons. The molecule has 3 aromatic rings. The Kier molecular flexibility index (Phi) is 20.0. The fourth-order valence-electron chi connectivity index (χ4n) is 6.84. The molecule has 1 unspecified atom stereocenters. The monoisotopic (exact) mass is 911 g/mol. The first-order valence-electron chi connectivity index (χ1n) is 21.4. The van der Waals surface area contributed by atoms with Gasteiger partial charge in [-0.25, -0.2) is 13.6 Å². The maximum absolute atomic E-state index is 15.3. The lowest BCUT2D eigenvalue weighted by Gasteiger charge is -2.41. The average Bonchev–Trinajstić information content (AvgIpc) is 3.77. The predicted molar refractivity (Wildman–Crippen MR) is 244 cm³/mol. The van der Waals surface area contributed by atoms with Crippen molar-refractivity contribution >= 4 is 49.6 Å². The molecule has 1 atom stereocenters. The average molecular weight is 912 g/mol. The molecule has 0 saturated carbocycles. The van der Waals surface area contributed by atoms with E-state index >= 15 is 4.39 Å². The van der Waals surface area contributed by atoms with E-state index < -0.39 is 37.3 Å². The van der Waals surface area contributed by atoms with Gasteiger partial charge in [0.1, 0.15) is 11.6 Å². The van der Waals surface area contributed by atoms with Crippen LogP contribution in [-0.4, -0.2) is 123 Å². The van der Waals surface area contributed by atoms with Gasteiger partial charge in [0.15, 0.2) is 0 Å². The normalized spacial score (nSPS) is 13.4. The smallest absolute Gasteiger partial charge is 0.407 e. The molecule has 2 N–H and O–H groups in total. The number of thioether (sulfide) groups is 1. The van der Waals surface area contributed by atoms with Gasteiger partial charge in [-0.05, 0) is 47.7 Å². The molecule has 2 heterocycles. The van der Waals surface area contributed by atoms with Gasteiger partial charge in [-0.1, -0.05) is 70.7 Å². The highest BCUT2D eigenvalue weighted by molar-refractivity contribution is 7.99. The summed E-state index contributed by atoms with van der Waals surface area (Å²) in [5.74, 6) is -1.74. The van der Waals surface area contributed by atoms with Crippen LogP contribution < -0.4 is 10.6 Å². The van der Waals surface area contributed by atoms with Crippen LogP contribution in [0.3, 0.4) is 0 Å². The number of nitrogens with zero attached hydrogens (tertiary/aromatic N) is 3. The highest BCUT2D eigenvalue weighted by Gasteiger charge is 2.37. The lowest BCUT2D eigenvalue weighted by atomic mass is 9.83. The zero-order valence-corrected chi connectivity index (χ0v) is 39.2. The Labute approximate surface area is 375 Å². The van der Waals surface area contributed by atoms with E-state index in [1.54, 1.807) is 11.1 Å². The summed E-state index contributed by atoms with van der Waals surface area (Å²) in [7, 11) is -1.39. The van der Waals surface area contributed by atoms with Crippen molar-refractivity contribution in [2.45, 2.75) is 71.9 Å². The van der Waals surface area contributed by atoms with Gasteiger partial charge in [-0.2, -0.15) is 11.8 Å². The number of rotatable bonds is 26. The number of hydrogen-bond acceptors (Lipinski definition) is 9. The lowest BCUT2D eigenvalue weighted by Crippen LogP contribution is -2.44. The second-order valence-electron chi connectivity index (χ2n) is 17.5. The summed E-state index contributed by atoms with van der Waals surface area (Å²) in [4.78, 5) is 65.7. The van der Waals surface area contributed by atoms with Crippen molar-refractivity contribution in [1.29, 1.82) is 0 Å². The van der Waals surface area contributed by atoms with Gasteiger partial charge in [0.25, 0.3) is 11.8 Å². The molecule has 2 aromatic carbocycles. The number of halogens is 2. The first kappa shape index (κ1) is 50.8. The maximum atomic E-state index is 15.3. The van der Waals surface area contributed by atoms with Gasteiger partial charge in [0, 0.05) is 81.6 Å². The van der Waals surface area contributed by atoms with Crippen molar-refractivity contribution in [3.63, 3.8) is 0 Å². The second-order valence-corrected chi connectivity index (χ2v) is 24.2. The first-order valence-corrected chi connectivity index (χ1v) is 26.2. The highest BCUT2D eigenvalue weighted by Crippen LogP contribution is 2.41. The van der Waals surface area contributed by atoms with E-state index in [2.05, 4.69) is 30.3 Å². The van der Waals surface area contributed by atoms with E-state index in [1.165, 1.54) is 30.0 Å². The molecule has 17 heteroatoms. The number of nitrogens with one attached hydrogen (secondary N) is 2. The second kappa shape index (κ2) is 24.9. The van der Waals surface area contributed by atoms with Crippen LogP contribution in [0, 0.1) is 17.0 Å². The third-order valence-corrected chi connectivity index (χ3v) is 12.7. The first-order chi connectivity index (χ1) is 29.9. The van der Waals surface area contributed by atoms with Crippen molar-refractivity contribution in [2.24, 2.45) is 5.41 Å². The fourth-order valence-corrected chi connectivity index (χ4v) is 8.37. The van der Waals surface area contributed by atoms with Crippen LogP contribution in [0.15, 0.2) is 72.9 Å². The van der Waals surface area contributed by atoms with Crippen molar-refractivity contribution in [2.75, 3.05) is 70.7 Å². The third-order valence-electron chi connectivity index (χ3n) is 10.0. The van der Waals surface area contributed by atoms with Crippen LogP contribution in [0.2, 0.25) is 25.7 Å². The minimum atomic E-state index is -1.39. The van der Waals surface area contributed by atoms with E-state index in [0.29, 0.717) is 30.9 Å². The van der Waals surface area contributed by atoms with Crippen LogP contribution in [0.4, 0.5) is 13.6 Å². The Balaban J connectivity index is 1.39. The number of imide groups is 1. The van der Waals surface area contributed by atoms with Gasteiger partial charge in [0.2, 0.25) is 11.8 Å². The number of ether oxygens (including phenoxy) is 3. The molecule has 5 amide bonds. The van der Waals surface area contributed by atoms with Gasteiger partial charge in [-0.3, -0.25) is 24.1 Å². The molecule has 1 aromatic heterocycles. The zero-order chi connectivity index (χ0) is 46.0. The van der Waals surface area contributed by atoms with Crippen molar-refractivity contribution in [1.82, 2.24) is 25.0 Å². The number of alkyl carbamates (subject to hydrolysis) is 1. The quantitative estimate of drug-likeness (QED) is 0.0491. The summed E-state index contributed by atoms with van der Waals surface area (Å²) in [6.45, 7) is 15.5. The Bertz CT molecular complexity index is 2000. The molecule has 1 aliphatic heterocycles. The summed E-state index contributed by atoms with van der Waals surface area (Å²) >= 11 is 1.34. The number of benzene rings is 2. The Morgan fingerprint density at radius 3 is 2.25 bits per heavy atom. The molecule has 0 saturated heterocycles. The van der Waals surface area contributed by atoms with E-state index in [-0.39, 0.29) is 94.0 Å². The van der Waals surface area contributed by atoms with Crippen LogP contribution in [-0.2, 0) is 39.9 Å². The van der Waals surface area contributed by atoms with E-state index in [1.807, 2.05) is 61.7 Å². The molecular weight excluding hydrogens is 849 g/mol. The molecule has 4 rings (SSSR count). The Morgan fingerprint density at radius 1 is 0.873 bits per heavy atom. The fraction of sp³-hybridized carbons (Fsp3) is 0.500. The van der Waals surface area contributed by atoms with Crippen LogP contribution in [0.25, 0.3) is 11.1 Å². The molecule has 0 aliphatic carbocycles. The topological polar surface area (TPSA) is 149 Å². The summed E-state index contributed by atoms with van der Waals surface area (Å²) < 4.78 is 48.1. The SMILES string of the molecule is CC(C)(C)C(c1cc(-c2cc(F)ccc2F)cn1Cc1ccccc1)N(CCCNC(=O)OCC[Si](C)(C)C)C(=O)CSCCC(=O)NCCOCCOCCN1C(=O)C=CC1=O. The Hall–Kier alpha value is -4.84. The molecule has 0 radical (unpaired) electrons. The van der Waals surface area contributed by atoms with Gasteiger partial charge >= 0.3 is 6.09 Å². The number of carbonyl (C=O) groups excluding carboxylic acids is 5. The lowest BCUT2D eigenvalue weighted by molar-refractivity contribution is -0.138. The maximum Gasteiger partial charge on any atom is 0.407 e. The van der Waals surface area contributed by atoms with Gasteiger partial charge in [-0.15, -0.1) is 0 Å². The summed E-state index contributed by atoms with van der Waals surface area (Å²) in [5.41, 5.74) is 1.76. The minimum absolute atomic E-state index is 0.0799. The molecular formula is C46H63F2N5O8SSi. The van der Waals surface area contributed by atoms with Crippen molar-refractivity contribution < 1.29 is 47.0 Å². The van der Waals surface area contributed by atoms with Crippen LogP contribution in [0.1, 0.15) is 50.9 Å². The number of amides is 5. The van der Waals surface area contributed by atoms with E-state index in [0.717, 1.165) is 34.3 Å². The van der Waals surface area contributed by atoms with Crippen LogP contribution in [0.5, 0.6) is 0 Å². The summed E-state index contributed by atoms with van der Waals surface area (Å²) in [6, 6.07) is 15.3.